The number of amides is 2. The lowest BCUT2D eigenvalue weighted by molar-refractivity contribution is -0.187. The van der Waals surface area contributed by atoms with Crippen LogP contribution in [0.2, 0.25) is 0 Å². The van der Waals surface area contributed by atoms with Crippen molar-refractivity contribution in [2.45, 2.75) is 57.3 Å². The Hall–Kier alpha value is -1.86. The molecule has 0 unspecified atom stereocenters. The predicted octanol–water partition coefficient (Wildman–Crippen LogP) is 1.31. The zero-order valence-corrected chi connectivity index (χ0v) is 16.7. The molecule has 2 atom stereocenters. The molecule has 150 valence electrons. The summed E-state index contributed by atoms with van der Waals surface area (Å²) in [5, 5.41) is 13.9. The Kier molecular flexibility index (Phi) is 5.36. The van der Waals surface area contributed by atoms with E-state index in [1.54, 1.807) is 6.92 Å². The zero-order chi connectivity index (χ0) is 19.8. The summed E-state index contributed by atoms with van der Waals surface area (Å²) < 4.78 is 7.99. The van der Waals surface area contributed by atoms with Crippen molar-refractivity contribution in [2.24, 2.45) is 13.0 Å². The van der Waals surface area contributed by atoms with Crippen molar-refractivity contribution < 1.29 is 19.4 Å². The molecule has 7 heteroatoms. The van der Waals surface area contributed by atoms with Gasteiger partial charge in [-0.25, -0.2) is 0 Å². The van der Waals surface area contributed by atoms with E-state index < -0.39 is 17.2 Å². The number of nitrogens with one attached hydrogen (secondary N) is 1. The number of aliphatic hydroxyl groups is 1. The number of hydrogen-bond acceptors (Lipinski definition) is 4. The lowest BCUT2D eigenvalue weighted by Gasteiger charge is -2.51. The number of hydrogen-bond donors (Lipinski definition) is 2. The first-order chi connectivity index (χ1) is 12.6. The van der Waals surface area contributed by atoms with Crippen LogP contribution in [0.4, 0.5) is 0 Å². The normalized spacial score (nSPS) is 27.8. The molecule has 27 heavy (non-hydrogen) atoms. The second-order valence-electron chi connectivity index (χ2n) is 8.54. The second kappa shape index (κ2) is 7.28. The lowest BCUT2D eigenvalue weighted by Crippen LogP contribution is -2.64. The summed E-state index contributed by atoms with van der Waals surface area (Å²) in [4.78, 5) is 26.5. The number of likely N-dealkylation sites (tertiary alicyclic amines) is 1. The lowest BCUT2D eigenvalue weighted by atomic mass is 9.75. The first kappa shape index (κ1) is 19.9. The van der Waals surface area contributed by atoms with Gasteiger partial charge >= 0.3 is 0 Å². The van der Waals surface area contributed by atoms with Gasteiger partial charge < -0.3 is 24.6 Å². The summed E-state index contributed by atoms with van der Waals surface area (Å²) in [6.07, 6.45) is 3.69. The highest BCUT2D eigenvalue weighted by atomic mass is 16.5. The van der Waals surface area contributed by atoms with Crippen LogP contribution in [-0.2, 0) is 16.6 Å². The second-order valence-corrected chi connectivity index (χ2v) is 8.54. The standard InChI is InChI=1S/C20H31N3O4/c1-14(2)17(24)21-16-12-27-20(13-19(16,3)26)7-10-23(11-8-20)18(25)15-6-5-9-22(15)4/h5-6,9,14,16,26H,7-8,10-13H2,1-4H3,(H,21,24)/t16-,19-/m0/s1. The van der Waals surface area contributed by atoms with Gasteiger partial charge in [-0.1, -0.05) is 13.8 Å². The average molecular weight is 377 g/mol. The third kappa shape index (κ3) is 4.04. The number of carbonyl (C=O) groups excluding carboxylic acids is 2. The van der Waals surface area contributed by atoms with Crippen molar-refractivity contribution in [3.8, 4) is 0 Å². The number of ether oxygens (including phenoxy) is 1. The number of aryl methyl sites for hydroxylation is 1. The first-order valence-corrected chi connectivity index (χ1v) is 9.71. The maximum absolute atomic E-state index is 12.7. The van der Waals surface area contributed by atoms with Crippen LogP contribution in [0.1, 0.15) is 50.5 Å². The van der Waals surface area contributed by atoms with Gasteiger partial charge in [0.15, 0.2) is 0 Å². The quantitative estimate of drug-likeness (QED) is 0.832. The van der Waals surface area contributed by atoms with Gasteiger partial charge in [0.25, 0.3) is 5.91 Å². The topological polar surface area (TPSA) is 83.8 Å². The molecule has 2 amide bonds. The number of nitrogens with zero attached hydrogens (tertiary/aromatic N) is 2. The smallest absolute Gasteiger partial charge is 0.270 e. The van der Waals surface area contributed by atoms with E-state index in [4.69, 9.17) is 4.74 Å². The van der Waals surface area contributed by atoms with E-state index in [-0.39, 0.29) is 24.3 Å². The molecular weight excluding hydrogens is 346 g/mol. The van der Waals surface area contributed by atoms with E-state index in [1.165, 1.54) is 0 Å². The molecule has 2 aliphatic heterocycles. The number of rotatable bonds is 3. The minimum Gasteiger partial charge on any atom is -0.388 e. The van der Waals surface area contributed by atoms with Crippen molar-refractivity contribution in [2.75, 3.05) is 19.7 Å². The SMILES string of the molecule is CC(C)C(=O)N[C@H]1COC2(CCN(C(=O)c3cccn3C)CC2)C[C@]1(C)O. The first-order valence-electron chi connectivity index (χ1n) is 9.71. The van der Waals surface area contributed by atoms with E-state index in [0.717, 1.165) is 0 Å². The monoisotopic (exact) mass is 377 g/mol. The Labute approximate surface area is 160 Å². The predicted molar refractivity (Wildman–Crippen MR) is 101 cm³/mol. The molecule has 1 aromatic heterocycles. The zero-order valence-electron chi connectivity index (χ0n) is 16.7. The van der Waals surface area contributed by atoms with Gasteiger partial charge in [0.1, 0.15) is 5.69 Å². The fraction of sp³-hybridized carbons (Fsp3) is 0.700. The Morgan fingerprint density at radius 1 is 1.33 bits per heavy atom. The van der Waals surface area contributed by atoms with Crippen LogP contribution < -0.4 is 5.32 Å². The molecule has 3 heterocycles. The fourth-order valence-electron chi connectivity index (χ4n) is 4.09. The highest BCUT2D eigenvalue weighted by Crippen LogP contribution is 2.39. The maximum Gasteiger partial charge on any atom is 0.270 e. The Bertz CT molecular complexity index is 702. The Morgan fingerprint density at radius 3 is 2.52 bits per heavy atom. The van der Waals surface area contributed by atoms with E-state index in [0.29, 0.717) is 38.0 Å². The van der Waals surface area contributed by atoms with Crippen LogP contribution in [-0.4, -0.2) is 63.3 Å². The van der Waals surface area contributed by atoms with Crippen LogP contribution in [0, 0.1) is 5.92 Å². The van der Waals surface area contributed by atoms with Crippen molar-refractivity contribution in [1.82, 2.24) is 14.8 Å². The summed E-state index contributed by atoms with van der Waals surface area (Å²) in [5.74, 6) is -0.187. The summed E-state index contributed by atoms with van der Waals surface area (Å²) in [7, 11) is 1.87. The third-order valence-electron chi connectivity index (χ3n) is 5.95. The molecule has 2 N–H and O–H groups in total. The van der Waals surface area contributed by atoms with Gasteiger partial charge in [0.2, 0.25) is 5.91 Å². The molecule has 0 bridgehead atoms. The highest BCUT2D eigenvalue weighted by Gasteiger charge is 2.50. The molecule has 0 saturated carbocycles. The molecular formula is C20H31N3O4. The summed E-state index contributed by atoms with van der Waals surface area (Å²) in [6.45, 7) is 6.91. The molecule has 2 aliphatic rings. The Balaban J connectivity index is 1.61. The van der Waals surface area contributed by atoms with Crippen molar-refractivity contribution in [3.63, 3.8) is 0 Å². The van der Waals surface area contributed by atoms with Gasteiger partial charge in [-0.15, -0.1) is 0 Å². The van der Waals surface area contributed by atoms with Crippen LogP contribution in [0.25, 0.3) is 0 Å². The van der Waals surface area contributed by atoms with Gasteiger partial charge in [-0.05, 0) is 31.9 Å². The van der Waals surface area contributed by atoms with Gasteiger partial charge in [-0.2, -0.15) is 0 Å². The molecule has 0 radical (unpaired) electrons. The fourth-order valence-corrected chi connectivity index (χ4v) is 4.09. The van der Waals surface area contributed by atoms with Crippen LogP contribution >= 0.6 is 0 Å². The largest absolute Gasteiger partial charge is 0.388 e. The van der Waals surface area contributed by atoms with Crippen molar-refractivity contribution in [1.29, 1.82) is 0 Å². The van der Waals surface area contributed by atoms with Crippen molar-refractivity contribution in [3.05, 3.63) is 24.0 Å². The highest BCUT2D eigenvalue weighted by molar-refractivity contribution is 5.92. The van der Waals surface area contributed by atoms with Crippen LogP contribution in [0.5, 0.6) is 0 Å². The van der Waals surface area contributed by atoms with E-state index in [1.807, 2.05) is 48.7 Å². The molecule has 0 aromatic carbocycles. The number of carbonyl (C=O) groups is 2. The molecule has 0 aliphatic carbocycles. The Morgan fingerprint density at radius 2 is 2.00 bits per heavy atom. The third-order valence-corrected chi connectivity index (χ3v) is 5.95. The van der Waals surface area contributed by atoms with Gasteiger partial charge in [-0.3, -0.25) is 9.59 Å². The van der Waals surface area contributed by atoms with Gasteiger partial charge in [0, 0.05) is 38.7 Å². The number of aromatic nitrogens is 1. The number of piperidine rings is 1. The van der Waals surface area contributed by atoms with E-state index in [2.05, 4.69) is 5.32 Å². The summed E-state index contributed by atoms with van der Waals surface area (Å²) >= 11 is 0. The molecule has 1 spiro atoms. The average Bonchev–Trinajstić information content (AvgIpc) is 3.03. The minimum absolute atomic E-state index is 0.0296. The summed E-state index contributed by atoms with van der Waals surface area (Å²) in [5.41, 5.74) is -0.792. The van der Waals surface area contributed by atoms with Crippen molar-refractivity contribution >= 4 is 11.8 Å². The minimum atomic E-state index is -1.03. The van der Waals surface area contributed by atoms with E-state index in [9.17, 15) is 14.7 Å². The van der Waals surface area contributed by atoms with Crippen LogP contribution in [0.3, 0.4) is 0 Å². The van der Waals surface area contributed by atoms with E-state index >= 15 is 0 Å². The summed E-state index contributed by atoms with van der Waals surface area (Å²) in [6, 6.07) is 3.28. The molecule has 1 aromatic rings. The maximum atomic E-state index is 12.7. The van der Waals surface area contributed by atoms with Crippen LogP contribution in [0.15, 0.2) is 18.3 Å². The molecule has 2 saturated heterocycles. The van der Waals surface area contributed by atoms with Gasteiger partial charge in [0.05, 0.1) is 23.9 Å². The molecule has 3 rings (SSSR count). The molecule has 2 fully saturated rings. The molecule has 7 nitrogen and oxygen atoms in total.